The van der Waals surface area contributed by atoms with Crippen LogP contribution >= 0.6 is 0 Å². The minimum Gasteiger partial charge on any atom is -0.456 e. The summed E-state index contributed by atoms with van der Waals surface area (Å²) in [6, 6.07) is 114. The van der Waals surface area contributed by atoms with Gasteiger partial charge < -0.3 is 8.83 Å². The van der Waals surface area contributed by atoms with Crippen molar-refractivity contribution in [2.45, 2.75) is 0 Å². The third-order valence-electron chi connectivity index (χ3n) is 17.7. The number of para-hydroxylation sites is 2. The zero-order valence-electron chi connectivity index (χ0n) is 46.8. The summed E-state index contributed by atoms with van der Waals surface area (Å²) in [7, 11) is 0. The first-order chi connectivity index (χ1) is 42.7. The first kappa shape index (κ1) is 49.3. The van der Waals surface area contributed by atoms with Crippen LogP contribution in [0.2, 0.25) is 0 Å². The Kier molecular flexibility index (Phi) is 11.6. The zero-order chi connectivity index (χ0) is 56.7. The summed E-state index contributed by atoms with van der Waals surface area (Å²) in [4.78, 5) is 0. The van der Waals surface area contributed by atoms with Crippen molar-refractivity contribution in [3.63, 3.8) is 0 Å². The second-order valence-corrected chi connectivity index (χ2v) is 22.5. The third kappa shape index (κ3) is 8.10. The maximum atomic E-state index is 6.31. The van der Waals surface area contributed by atoms with Crippen LogP contribution in [0.4, 0.5) is 0 Å². The Morgan fingerprint density at radius 2 is 0.430 bits per heavy atom. The number of hydrogen-bond acceptors (Lipinski definition) is 2. The lowest BCUT2D eigenvalue weighted by Gasteiger charge is -2.18. The molecule has 2 heteroatoms. The molecule has 2 heterocycles. The van der Waals surface area contributed by atoms with E-state index in [1.807, 2.05) is 24.3 Å². The number of fused-ring (bicyclic) bond motifs is 12. The van der Waals surface area contributed by atoms with Gasteiger partial charge in [-0.3, -0.25) is 0 Å². The summed E-state index contributed by atoms with van der Waals surface area (Å²) in [5.74, 6) is 0. The highest BCUT2D eigenvalue weighted by Gasteiger charge is 2.21. The molecule has 0 bridgehead atoms. The van der Waals surface area contributed by atoms with Gasteiger partial charge >= 0.3 is 0 Å². The molecule has 0 saturated carbocycles. The van der Waals surface area contributed by atoms with E-state index in [1.54, 1.807) is 0 Å². The lowest BCUT2D eigenvalue weighted by Crippen LogP contribution is -1.91. The van der Waals surface area contributed by atoms with Crippen LogP contribution < -0.4 is 0 Å². The van der Waals surface area contributed by atoms with Gasteiger partial charge in [-0.1, -0.05) is 279 Å². The monoisotopic (exact) mass is 1090 g/mol. The predicted molar refractivity (Wildman–Crippen MR) is 365 cm³/mol. The summed E-state index contributed by atoms with van der Waals surface area (Å²) < 4.78 is 12.5. The van der Waals surface area contributed by atoms with Crippen molar-refractivity contribution in [2.75, 3.05) is 0 Å². The van der Waals surface area contributed by atoms with E-state index in [4.69, 9.17) is 8.83 Å². The summed E-state index contributed by atoms with van der Waals surface area (Å²) in [6.07, 6.45) is 0. The standard InChI is InChI=1S/2C42H26O/c1-2-12-31-27(10-1)11-9-18-32(31)28-20-22-29(23-21-28)41-35-14-3-5-16-37(35)42(38-17-6-4-15-36(38)41)30-24-25-34-33-13-7-8-19-39(33)43-40(34)26-30;1-2-12-31-27(10-1)11-9-18-32(31)28-20-22-29(23-21-28)41-34-14-3-5-16-36(34)42(37-17-6-4-15-35(37)41)30-24-25-40-38(26-30)33-13-7-8-19-39(33)43-40/h2*1-26H. The highest BCUT2D eigenvalue weighted by atomic mass is 16.3. The molecule has 86 heavy (non-hydrogen) atoms. The van der Waals surface area contributed by atoms with Crippen LogP contribution in [0.15, 0.2) is 324 Å². The molecule has 0 saturated heterocycles. The average Bonchev–Trinajstić information content (AvgIpc) is 1.13. The molecule has 0 aliphatic rings. The number of furan rings is 2. The minimum absolute atomic E-state index is 0.917. The SMILES string of the molecule is c1ccc2c(-c3ccc(-c4c5ccccc5c(-c5ccc6c(c5)oc5ccccc56)c5ccccc45)cc3)cccc2c1.c1ccc2c(-c3ccc(-c4c5ccccc5c(-c5ccc6oc7ccccc7c6c5)c5ccccc45)cc3)cccc2c1. The van der Waals surface area contributed by atoms with Gasteiger partial charge in [-0.25, -0.2) is 0 Å². The van der Waals surface area contributed by atoms with E-state index in [2.05, 4.69) is 291 Å². The van der Waals surface area contributed by atoms with E-state index in [0.717, 1.165) is 49.4 Å². The fourth-order valence-corrected chi connectivity index (χ4v) is 13.9. The molecular weight excluding hydrogens is 1040 g/mol. The van der Waals surface area contributed by atoms with Gasteiger partial charge in [0.15, 0.2) is 0 Å². The molecule has 0 fully saturated rings. The van der Waals surface area contributed by atoms with Gasteiger partial charge in [0.1, 0.15) is 22.3 Å². The van der Waals surface area contributed by atoms with Crippen LogP contribution in [-0.2, 0) is 0 Å². The molecule has 0 amide bonds. The molecule has 2 nitrogen and oxygen atoms in total. The smallest absolute Gasteiger partial charge is 0.136 e. The van der Waals surface area contributed by atoms with Gasteiger partial charge in [0, 0.05) is 21.5 Å². The van der Waals surface area contributed by atoms with Crippen LogP contribution in [0.5, 0.6) is 0 Å². The molecule has 18 rings (SSSR count). The molecule has 0 spiro atoms. The van der Waals surface area contributed by atoms with E-state index in [0.29, 0.717) is 0 Å². The Morgan fingerprint density at radius 3 is 0.872 bits per heavy atom. The van der Waals surface area contributed by atoms with E-state index in [1.165, 1.54) is 126 Å². The molecule has 18 aromatic rings. The van der Waals surface area contributed by atoms with Gasteiger partial charge in [0.25, 0.3) is 0 Å². The fraction of sp³-hybridized carbons (Fsp3) is 0. The van der Waals surface area contributed by atoms with E-state index < -0.39 is 0 Å². The van der Waals surface area contributed by atoms with Crippen molar-refractivity contribution in [3.8, 4) is 66.8 Å². The maximum Gasteiger partial charge on any atom is 0.136 e. The van der Waals surface area contributed by atoms with Crippen LogP contribution in [0, 0.1) is 0 Å². The van der Waals surface area contributed by atoms with Gasteiger partial charge in [-0.15, -0.1) is 0 Å². The first-order valence-electron chi connectivity index (χ1n) is 29.5. The minimum atomic E-state index is 0.917. The fourth-order valence-electron chi connectivity index (χ4n) is 13.9. The van der Waals surface area contributed by atoms with Crippen molar-refractivity contribution in [2.24, 2.45) is 0 Å². The molecule has 0 atom stereocenters. The number of rotatable bonds is 6. The second kappa shape index (κ2) is 20.2. The van der Waals surface area contributed by atoms with Gasteiger partial charge in [0.2, 0.25) is 0 Å². The highest BCUT2D eigenvalue weighted by Crippen LogP contribution is 2.48. The van der Waals surface area contributed by atoms with Crippen molar-refractivity contribution in [3.05, 3.63) is 315 Å². The normalized spacial score (nSPS) is 11.7. The lowest BCUT2D eigenvalue weighted by molar-refractivity contribution is 0.668. The van der Waals surface area contributed by atoms with Gasteiger partial charge in [-0.2, -0.15) is 0 Å². The Bertz CT molecular complexity index is 5570. The zero-order valence-corrected chi connectivity index (χ0v) is 46.8. The quantitative estimate of drug-likeness (QED) is 0.155. The molecule has 2 aromatic heterocycles. The Hall–Kier alpha value is -11.3. The van der Waals surface area contributed by atoms with Crippen LogP contribution in [0.1, 0.15) is 0 Å². The predicted octanol–water partition coefficient (Wildman–Crippen LogP) is 24.1. The molecule has 0 aliphatic carbocycles. The van der Waals surface area contributed by atoms with Crippen molar-refractivity contribution in [1.82, 2.24) is 0 Å². The number of hydrogen-bond donors (Lipinski definition) is 0. The van der Waals surface area contributed by atoms with E-state index >= 15 is 0 Å². The van der Waals surface area contributed by atoms with Crippen LogP contribution in [0.3, 0.4) is 0 Å². The average molecular weight is 1090 g/mol. The summed E-state index contributed by atoms with van der Waals surface area (Å²) in [5.41, 5.74) is 18.5. The van der Waals surface area contributed by atoms with Crippen LogP contribution in [0.25, 0.3) is 175 Å². The Labute approximate surface area is 496 Å². The van der Waals surface area contributed by atoms with E-state index in [-0.39, 0.29) is 0 Å². The van der Waals surface area contributed by atoms with Crippen LogP contribution in [-0.4, -0.2) is 0 Å². The highest BCUT2D eigenvalue weighted by molar-refractivity contribution is 6.24. The molecule has 0 N–H and O–H groups in total. The molecule has 400 valence electrons. The van der Waals surface area contributed by atoms with E-state index in [9.17, 15) is 0 Å². The second-order valence-electron chi connectivity index (χ2n) is 22.5. The maximum absolute atomic E-state index is 6.31. The van der Waals surface area contributed by atoms with Crippen molar-refractivity contribution in [1.29, 1.82) is 0 Å². The molecule has 0 aliphatic heterocycles. The van der Waals surface area contributed by atoms with Crippen molar-refractivity contribution < 1.29 is 8.83 Å². The topological polar surface area (TPSA) is 26.3 Å². The molecular formula is C84H52O2. The van der Waals surface area contributed by atoms with Crippen molar-refractivity contribution >= 4 is 109 Å². The summed E-state index contributed by atoms with van der Waals surface area (Å²) >= 11 is 0. The third-order valence-corrected chi connectivity index (χ3v) is 17.7. The number of benzene rings is 16. The molecule has 0 radical (unpaired) electrons. The Balaban J connectivity index is 0.000000134. The Morgan fingerprint density at radius 1 is 0.151 bits per heavy atom. The lowest BCUT2D eigenvalue weighted by atomic mass is 9.85. The van der Waals surface area contributed by atoms with Gasteiger partial charge in [0.05, 0.1) is 0 Å². The largest absolute Gasteiger partial charge is 0.456 e. The molecule has 0 unspecified atom stereocenters. The molecule has 16 aromatic carbocycles. The summed E-state index contributed by atoms with van der Waals surface area (Å²) in [5, 5.41) is 19.7. The summed E-state index contributed by atoms with van der Waals surface area (Å²) in [6.45, 7) is 0. The first-order valence-corrected chi connectivity index (χ1v) is 29.5. The van der Waals surface area contributed by atoms with Gasteiger partial charge in [-0.05, 0) is 168 Å².